The number of rotatable bonds is 12. The van der Waals surface area contributed by atoms with Crippen molar-refractivity contribution < 1.29 is 14.2 Å². The molecule has 120 valence electrons. The fraction of sp³-hybridized carbons (Fsp3) is 0.647. The van der Waals surface area contributed by atoms with Crippen molar-refractivity contribution in [2.24, 2.45) is 0 Å². The van der Waals surface area contributed by atoms with Crippen LogP contribution in [0.1, 0.15) is 23.5 Å². The summed E-state index contributed by atoms with van der Waals surface area (Å²) < 4.78 is 15.9. The number of ether oxygens (including phenoxy) is 3. The maximum Gasteiger partial charge on any atom is 0.0701 e. The highest BCUT2D eigenvalue weighted by Gasteiger charge is 2.10. The topological polar surface area (TPSA) is 39.7 Å². The van der Waals surface area contributed by atoms with Gasteiger partial charge in [0, 0.05) is 20.3 Å². The summed E-state index contributed by atoms with van der Waals surface area (Å²) in [6.45, 7) is 6.40. The van der Waals surface area contributed by atoms with Gasteiger partial charge >= 0.3 is 0 Å². The molecule has 21 heavy (non-hydrogen) atoms. The van der Waals surface area contributed by atoms with E-state index in [0.717, 1.165) is 19.6 Å². The molecule has 4 nitrogen and oxygen atoms in total. The molecule has 4 heteroatoms. The number of nitrogens with one attached hydrogen (secondary N) is 1. The molecule has 0 heterocycles. The number of hydrogen-bond acceptors (Lipinski definition) is 4. The second-order valence-electron chi connectivity index (χ2n) is 5.17. The molecule has 1 aromatic rings. The lowest BCUT2D eigenvalue weighted by Crippen LogP contribution is -2.19. The van der Waals surface area contributed by atoms with Gasteiger partial charge in [-0.05, 0) is 31.9 Å². The summed E-state index contributed by atoms with van der Waals surface area (Å²) in [5, 5.41) is 3.27. The van der Waals surface area contributed by atoms with Gasteiger partial charge in [-0.1, -0.05) is 29.8 Å². The van der Waals surface area contributed by atoms with E-state index < -0.39 is 0 Å². The molecule has 1 aromatic carbocycles. The van der Waals surface area contributed by atoms with Gasteiger partial charge < -0.3 is 19.5 Å². The number of hydrogen-bond donors (Lipinski definition) is 1. The van der Waals surface area contributed by atoms with Crippen LogP contribution in [0.4, 0.5) is 0 Å². The Bertz CT molecular complexity index is 371. The highest BCUT2D eigenvalue weighted by molar-refractivity contribution is 5.25. The molecule has 0 radical (unpaired) electrons. The van der Waals surface area contributed by atoms with E-state index in [1.54, 1.807) is 7.11 Å². The smallest absolute Gasteiger partial charge is 0.0701 e. The molecule has 0 bridgehead atoms. The van der Waals surface area contributed by atoms with Gasteiger partial charge in [-0.2, -0.15) is 0 Å². The van der Waals surface area contributed by atoms with E-state index in [4.69, 9.17) is 14.2 Å². The highest BCUT2D eigenvalue weighted by atomic mass is 16.5. The second-order valence-corrected chi connectivity index (χ2v) is 5.17. The molecule has 0 aromatic heterocycles. The van der Waals surface area contributed by atoms with Gasteiger partial charge in [-0.25, -0.2) is 0 Å². The fourth-order valence-corrected chi connectivity index (χ4v) is 2.25. The first-order chi connectivity index (χ1) is 10.3. The van der Waals surface area contributed by atoms with Gasteiger partial charge in [0.15, 0.2) is 0 Å². The van der Waals surface area contributed by atoms with Gasteiger partial charge in [0.25, 0.3) is 0 Å². The third-order valence-electron chi connectivity index (χ3n) is 3.38. The molecule has 0 spiro atoms. The molecular weight excluding hydrogens is 266 g/mol. The molecule has 0 aliphatic rings. The van der Waals surface area contributed by atoms with Gasteiger partial charge in [0.1, 0.15) is 0 Å². The van der Waals surface area contributed by atoms with E-state index in [1.807, 2.05) is 7.05 Å². The van der Waals surface area contributed by atoms with Crippen LogP contribution in [0.15, 0.2) is 24.3 Å². The molecule has 1 unspecified atom stereocenters. The van der Waals surface area contributed by atoms with Crippen molar-refractivity contribution in [1.82, 2.24) is 5.32 Å². The lowest BCUT2D eigenvalue weighted by molar-refractivity contribution is 0.0233. The normalized spacial score (nSPS) is 12.5. The van der Waals surface area contributed by atoms with E-state index in [1.165, 1.54) is 11.1 Å². The third-order valence-corrected chi connectivity index (χ3v) is 3.38. The summed E-state index contributed by atoms with van der Waals surface area (Å²) in [6, 6.07) is 8.71. The molecule has 0 aliphatic heterocycles. The Kier molecular flexibility index (Phi) is 10.1. The molecule has 0 aliphatic carbocycles. The van der Waals surface area contributed by atoms with Crippen molar-refractivity contribution in [3.05, 3.63) is 35.4 Å². The van der Waals surface area contributed by atoms with Crippen LogP contribution in [0.3, 0.4) is 0 Å². The van der Waals surface area contributed by atoms with E-state index in [0.29, 0.717) is 32.3 Å². The Labute approximate surface area is 128 Å². The molecule has 0 saturated heterocycles. The summed E-state index contributed by atoms with van der Waals surface area (Å²) in [5.41, 5.74) is 2.69. The maximum atomic E-state index is 5.65. The Balaban J connectivity index is 2.23. The summed E-state index contributed by atoms with van der Waals surface area (Å²) >= 11 is 0. The minimum absolute atomic E-state index is 0.490. The van der Waals surface area contributed by atoms with E-state index in [2.05, 4.69) is 36.5 Å². The van der Waals surface area contributed by atoms with Crippen LogP contribution in [0.2, 0.25) is 0 Å². The molecule has 1 rings (SSSR count). The predicted octanol–water partition coefficient (Wildman–Crippen LogP) is 2.37. The molecule has 0 fully saturated rings. The summed E-state index contributed by atoms with van der Waals surface area (Å²) in [7, 11) is 3.67. The molecular formula is C17H29NO3. The third kappa shape index (κ3) is 8.17. The summed E-state index contributed by atoms with van der Waals surface area (Å²) in [4.78, 5) is 0. The summed E-state index contributed by atoms with van der Waals surface area (Å²) in [6.07, 6.45) is 1.02. The van der Waals surface area contributed by atoms with Gasteiger partial charge in [-0.3, -0.25) is 0 Å². The fourth-order valence-electron chi connectivity index (χ4n) is 2.25. The minimum atomic E-state index is 0.490. The Hall–Kier alpha value is -0.940. The highest BCUT2D eigenvalue weighted by Crippen LogP contribution is 2.20. The SMILES string of the molecule is CNCC(CCOCCOCCOC)c1cccc(C)c1. The number of methoxy groups -OCH3 is 1. The zero-order chi connectivity index (χ0) is 15.3. The zero-order valence-electron chi connectivity index (χ0n) is 13.6. The molecule has 1 atom stereocenters. The van der Waals surface area contributed by atoms with Crippen molar-refractivity contribution in [2.75, 3.05) is 53.7 Å². The van der Waals surface area contributed by atoms with Crippen molar-refractivity contribution in [3.8, 4) is 0 Å². The van der Waals surface area contributed by atoms with Crippen LogP contribution in [-0.4, -0.2) is 53.7 Å². The van der Waals surface area contributed by atoms with Gasteiger partial charge in [0.2, 0.25) is 0 Å². The van der Waals surface area contributed by atoms with E-state index >= 15 is 0 Å². The average Bonchev–Trinajstić information content (AvgIpc) is 2.49. The largest absolute Gasteiger partial charge is 0.382 e. The van der Waals surface area contributed by atoms with Crippen LogP contribution in [-0.2, 0) is 14.2 Å². The molecule has 1 N–H and O–H groups in total. The number of benzene rings is 1. The van der Waals surface area contributed by atoms with Crippen molar-refractivity contribution in [1.29, 1.82) is 0 Å². The average molecular weight is 295 g/mol. The lowest BCUT2D eigenvalue weighted by Gasteiger charge is -2.17. The lowest BCUT2D eigenvalue weighted by atomic mass is 9.95. The van der Waals surface area contributed by atoms with Gasteiger partial charge in [0.05, 0.1) is 26.4 Å². The van der Waals surface area contributed by atoms with Crippen molar-refractivity contribution in [3.63, 3.8) is 0 Å². The van der Waals surface area contributed by atoms with Crippen LogP contribution in [0.25, 0.3) is 0 Å². The molecule has 0 saturated carbocycles. The van der Waals surface area contributed by atoms with Crippen molar-refractivity contribution in [2.45, 2.75) is 19.3 Å². The first-order valence-electron chi connectivity index (χ1n) is 7.63. The zero-order valence-corrected chi connectivity index (χ0v) is 13.6. The number of likely N-dealkylation sites (N-methyl/N-ethyl adjacent to an activating group) is 1. The van der Waals surface area contributed by atoms with E-state index in [9.17, 15) is 0 Å². The van der Waals surface area contributed by atoms with Crippen LogP contribution < -0.4 is 5.32 Å². The first kappa shape index (κ1) is 18.1. The Morgan fingerprint density at radius 2 is 1.76 bits per heavy atom. The van der Waals surface area contributed by atoms with Gasteiger partial charge in [-0.15, -0.1) is 0 Å². The monoisotopic (exact) mass is 295 g/mol. The number of aryl methyl sites for hydroxylation is 1. The first-order valence-corrected chi connectivity index (χ1v) is 7.63. The van der Waals surface area contributed by atoms with Crippen molar-refractivity contribution >= 4 is 0 Å². The second kappa shape index (κ2) is 11.7. The van der Waals surface area contributed by atoms with Crippen LogP contribution >= 0.6 is 0 Å². The molecule has 0 amide bonds. The quantitative estimate of drug-likeness (QED) is 0.601. The van der Waals surface area contributed by atoms with Crippen LogP contribution in [0, 0.1) is 6.92 Å². The van der Waals surface area contributed by atoms with Crippen LogP contribution in [0.5, 0.6) is 0 Å². The Morgan fingerprint density at radius 1 is 1.05 bits per heavy atom. The summed E-state index contributed by atoms with van der Waals surface area (Å²) in [5.74, 6) is 0.490. The Morgan fingerprint density at radius 3 is 2.43 bits per heavy atom. The van der Waals surface area contributed by atoms with E-state index in [-0.39, 0.29) is 0 Å². The standard InChI is InChI=1S/C17H29NO3/c1-15-5-4-6-16(13-15)17(14-18-2)7-8-20-11-12-21-10-9-19-3/h4-6,13,17-18H,7-12,14H2,1-3H3. The maximum absolute atomic E-state index is 5.65. The predicted molar refractivity (Wildman–Crippen MR) is 86.0 cm³/mol. The minimum Gasteiger partial charge on any atom is -0.382 e.